The van der Waals surface area contributed by atoms with E-state index in [2.05, 4.69) is 32.1 Å². The summed E-state index contributed by atoms with van der Waals surface area (Å²) in [6.45, 7) is 4.63. The van der Waals surface area contributed by atoms with Crippen molar-refractivity contribution in [1.82, 2.24) is 0 Å². The molecule has 0 aliphatic heterocycles. The minimum Gasteiger partial charge on any atom is -0.490 e. The van der Waals surface area contributed by atoms with Gasteiger partial charge in [0, 0.05) is 11.1 Å². The molecule has 3 aromatic carbocycles. The number of ether oxygens (including phenoxy) is 1. The van der Waals surface area contributed by atoms with Crippen molar-refractivity contribution >= 4 is 5.57 Å². The number of rotatable bonds is 14. The van der Waals surface area contributed by atoms with Gasteiger partial charge in [-0.1, -0.05) is 100 Å². The Morgan fingerprint density at radius 1 is 0.739 bits per heavy atom. The molecule has 2 aliphatic rings. The highest BCUT2D eigenvalue weighted by molar-refractivity contribution is 5.74. The van der Waals surface area contributed by atoms with Gasteiger partial charge in [0.15, 0.2) is 11.6 Å². The predicted octanol–water partition coefficient (Wildman–Crippen LogP) is 13.1. The molecule has 1 atom stereocenters. The summed E-state index contributed by atoms with van der Waals surface area (Å²) in [7, 11) is 0. The maximum Gasteiger partial charge on any atom is 0.201 e. The SMILES string of the molecule is C/C=C/CCC1CCC(C2CC=C(c3ccc(-c4ccc(-c5ccc(OCCCCCCC)c(F)c5F)cc4)cc3F)CC2)CC1. The number of benzene rings is 3. The van der Waals surface area contributed by atoms with Gasteiger partial charge >= 0.3 is 0 Å². The lowest BCUT2D eigenvalue weighted by Crippen LogP contribution is -2.23. The van der Waals surface area contributed by atoms with Gasteiger partial charge in [-0.25, -0.2) is 8.78 Å². The summed E-state index contributed by atoms with van der Waals surface area (Å²) in [6.07, 6.45) is 23.1. The van der Waals surface area contributed by atoms with Crippen LogP contribution in [0.1, 0.15) is 109 Å². The molecule has 0 spiro atoms. The van der Waals surface area contributed by atoms with Crippen LogP contribution < -0.4 is 4.74 Å². The Morgan fingerprint density at radius 2 is 1.46 bits per heavy atom. The van der Waals surface area contributed by atoms with Crippen molar-refractivity contribution in [2.24, 2.45) is 17.8 Å². The van der Waals surface area contributed by atoms with Crippen LogP contribution >= 0.6 is 0 Å². The summed E-state index contributed by atoms with van der Waals surface area (Å²) >= 11 is 0. The molecule has 0 N–H and O–H groups in total. The lowest BCUT2D eigenvalue weighted by atomic mass is 9.70. The van der Waals surface area contributed by atoms with Gasteiger partial charge in [-0.05, 0) is 117 Å². The number of allylic oxidation sites excluding steroid dienone is 4. The van der Waals surface area contributed by atoms with Gasteiger partial charge in [0.2, 0.25) is 5.82 Å². The fourth-order valence-corrected chi connectivity index (χ4v) is 7.53. The molecular formula is C42H51F3O. The van der Waals surface area contributed by atoms with Crippen molar-refractivity contribution in [3.8, 4) is 28.0 Å². The van der Waals surface area contributed by atoms with Gasteiger partial charge in [-0.3, -0.25) is 0 Å². The van der Waals surface area contributed by atoms with Crippen LogP contribution in [-0.2, 0) is 0 Å². The Kier molecular flexibility index (Phi) is 12.6. The number of halogens is 3. The van der Waals surface area contributed by atoms with E-state index in [9.17, 15) is 4.39 Å². The molecule has 2 aliphatic carbocycles. The molecule has 3 aromatic rings. The number of unbranched alkanes of at least 4 members (excludes halogenated alkanes) is 4. The summed E-state index contributed by atoms with van der Waals surface area (Å²) in [4.78, 5) is 0. The maximum atomic E-state index is 15.4. The second-order valence-electron chi connectivity index (χ2n) is 13.5. The second-order valence-corrected chi connectivity index (χ2v) is 13.5. The monoisotopic (exact) mass is 628 g/mol. The Bertz CT molecular complexity index is 1460. The molecule has 1 nitrogen and oxygen atoms in total. The van der Waals surface area contributed by atoms with Gasteiger partial charge in [0.05, 0.1) is 6.61 Å². The highest BCUT2D eigenvalue weighted by Crippen LogP contribution is 2.43. The normalized spacial score (nSPS) is 20.2. The van der Waals surface area contributed by atoms with E-state index in [4.69, 9.17) is 4.74 Å². The Balaban J connectivity index is 1.17. The molecule has 0 saturated heterocycles. The van der Waals surface area contributed by atoms with E-state index in [1.54, 1.807) is 24.3 Å². The van der Waals surface area contributed by atoms with Crippen LogP contribution in [0.25, 0.3) is 27.8 Å². The minimum absolute atomic E-state index is 0.0501. The molecule has 46 heavy (non-hydrogen) atoms. The van der Waals surface area contributed by atoms with E-state index in [0.29, 0.717) is 17.7 Å². The zero-order valence-electron chi connectivity index (χ0n) is 27.8. The molecule has 0 aromatic heterocycles. The largest absolute Gasteiger partial charge is 0.490 e. The molecular weight excluding hydrogens is 577 g/mol. The summed E-state index contributed by atoms with van der Waals surface area (Å²) in [5.41, 5.74) is 4.16. The average Bonchev–Trinajstić information content (AvgIpc) is 3.09. The standard InChI is InChI=1S/C42H51F3O/c1-3-5-7-8-10-28-46-40-27-26-38(41(44)42(40)45)35-22-18-33(19-23-35)36-24-25-37(39(43)29-36)34-20-16-32(17-21-34)31-14-12-30(13-15-31)11-9-6-4-2/h4,6,18-20,22-27,29-32H,3,5,7-17,21,28H2,1-2H3/b6-4+. The van der Waals surface area contributed by atoms with Crippen molar-refractivity contribution in [1.29, 1.82) is 0 Å². The van der Waals surface area contributed by atoms with Gasteiger partial charge < -0.3 is 4.74 Å². The van der Waals surface area contributed by atoms with Gasteiger partial charge in [-0.2, -0.15) is 4.39 Å². The second kappa shape index (κ2) is 17.0. The lowest BCUT2D eigenvalue weighted by molar-refractivity contribution is 0.190. The van der Waals surface area contributed by atoms with E-state index < -0.39 is 11.6 Å². The van der Waals surface area contributed by atoms with Gasteiger partial charge in [0.1, 0.15) is 5.82 Å². The third-order valence-corrected chi connectivity index (χ3v) is 10.4. The third kappa shape index (κ3) is 8.75. The number of hydrogen-bond acceptors (Lipinski definition) is 1. The fraction of sp³-hybridized carbons (Fsp3) is 0.476. The summed E-state index contributed by atoms with van der Waals surface area (Å²) in [5.74, 6) is 0.293. The molecule has 0 amide bonds. The first-order chi connectivity index (χ1) is 22.5. The summed E-state index contributed by atoms with van der Waals surface area (Å²) < 4.78 is 50.8. The van der Waals surface area contributed by atoms with Crippen molar-refractivity contribution < 1.29 is 17.9 Å². The first-order valence-corrected chi connectivity index (χ1v) is 17.8. The van der Waals surface area contributed by atoms with Crippen LogP contribution in [0.15, 0.2) is 72.8 Å². The van der Waals surface area contributed by atoms with E-state index >= 15 is 8.78 Å². The highest BCUT2D eigenvalue weighted by atomic mass is 19.2. The van der Waals surface area contributed by atoms with E-state index in [1.807, 2.05) is 24.3 Å². The Morgan fingerprint density at radius 3 is 2.15 bits per heavy atom. The molecule has 0 radical (unpaired) electrons. The third-order valence-electron chi connectivity index (χ3n) is 10.4. The molecule has 0 heterocycles. The predicted molar refractivity (Wildman–Crippen MR) is 186 cm³/mol. The van der Waals surface area contributed by atoms with Crippen molar-refractivity contribution in [3.63, 3.8) is 0 Å². The first kappa shape index (κ1) is 34.1. The molecule has 0 bridgehead atoms. The van der Waals surface area contributed by atoms with Crippen LogP contribution in [0.5, 0.6) is 5.75 Å². The van der Waals surface area contributed by atoms with E-state index in [0.717, 1.165) is 79.4 Å². The van der Waals surface area contributed by atoms with Gasteiger partial charge in [0.25, 0.3) is 0 Å². The minimum atomic E-state index is -0.959. The first-order valence-electron chi connectivity index (χ1n) is 17.8. The Hall–Kier alpha value is -3.27. The fourth-order valence-electron chi connectivity index (χ4n) is 7.53. The van der Waals surface area contributed by atoms with Crippen LogP contribution in [0, 0.1) is 35.2 Å². The zero-order chi connectivity index (χ0) is 32.3. The van der Waals surface area contributed by atoms with Crippen LogP contribution in [0.2, 0.25) is 0 Å². The molecule has 1 fully saturated rings. The van der Waals surface area contributed by atoms with Crippen molar-refractivity contribution in [3.05, 3.63) is 95.8 Å². The smallest absolute Gasteiger partial charge is 0.201 e. The van der Waals surface area contributed by atoms with Crippen LogP contribution in [0.4, 0.5) is 13.2 Å². The topological polar surface area (TPSA) is 9.23 Å². The molecule has 4 heteroatoms. The van der Waals surface area contributed by atoms with Crippen LogP contribution in [-0.4, -0.2) is 6.61 Å². The molecule has 1 unspecified atom stereocenters. The summed E-state index contributed by atoms with van der Waals surface area (Å²) in [6, 6.07) is 15.7. The van der Waals surface area contributed by atoms with Crippen molar-refractivity contribution in [2.45, 2.75) is 104 Å². The van der Waals surface area contributed by atoms with Crippen molar-refractivity contribution in [2.75, 3.05) is 6.61 Å². The summed E-state index contributed by atoms with van der Waals surface area (Å²) in [5, 5.41) is 0. The zero-order valence-corrected chi connectivity index (χ0v) is 27.8. The molecule has 1 saturated carbocycles. The Labute approximate surface area is 275 Å². The lowest BCUT2D eigenvalue weighted by Gasteiger charge is -2.35. The molecule has 5 rings (SSSR count). The molecule has 246 valence electrons. The van der Waals surface area contributed by atoms with Crippen LogP contribution in [0.3, 0.4) is 0 Å². The van der Waals surface area contributed by atoms with E-state index in [1.165, 1.54) is 51.0 Å². The average molecular weight is 629 g/mol. The van der Waals surface area contributed by atoms with E-state index in [-0.39, 0.29) is 17.1 Å². The highest BCUT2D eigenvalue weighted by Gasteiger charge is 2.29. The maximum absolute atomic E-state index is 15.4. The quantitative estimate of drug-likeness (QED) is 0.127. The van der Waals surface area contributed by atoms with Gasteiger partial charge in [-0.15, -0.1) is 0 Å². The number of hydrogen-bond donors (Lipinski definition) is 0.